The summed E-state index contributed by atoms with van der Waals surface area (Å²) in [6.07, 6.45) is 6.06. The Morgan fingerprint density at radius 3 is 2.55 bits per heavy atom. The summed E-state index contributed by atoms with van der Waals surface area (Å²) in [7, 11) is 7.08. The Morgan fingerprint density at radius 2 is 2.00 bits per heavy atom. The van der Waals surface area contributed by atoms with Gasteiger partial charge in [0.15, 0.2) is 5.54 Å². The van der Waals surface area contributed by atoms with Gasteiger partial charge in [0.25, 0.3) is 5.91 Å². The number of aromatic nitrogens is 2. The van der Waals surface area contributed by atoms with Gasteiger partial charge in [0.1, 0.15) is 0 Å². The Hall–Kier alpha value is -2.02. The zero-order valence-electron chi connectivity index (χ0n) is 13.6. The lowest BCUT2D eigenvalue weighted by atomic mass is 9.90. The number of amides is 2. The van der Waals surface area contributed by atoms with Crippen molar-refractivity contribution < 1.29 is 9.59 Å². The molecule has 0 unspecified atom stereocenters. The molecule has 7 nitrogen and oxygen atoms in total. The van der Waals surface area contributed by atoms with E-state index in [0.29, 0.717) is 18.7 Å². The summed E-state index contributed by atoms with van der Waals surface area (Å²) in [6, 6.07) is 0. The first-order chi connectivity index (χ1) is 10.4. The van der Waals surface area contributed by atoms with Crippen molar-refractivity contribution in [2.75, 3.05) is 41.3 Å². The topological polar surface area (TPSA) is 69.6 Å². The van der Waals surface area contributed by atoms with Gasteiger partial charge in [0.05, 0.1) is 18.4 Å². The fourth-order valence-corrected chi connectivity index (χ4v) is 2.99. The van der Waals surface area contributed by atoms with Crippen LogP contribution in [0.3, 0.4) is 0 Å². The number of carbonyl (C=O) groups excluding carboxylic acids is 2. The minimum atomic E-state index is -1.04. The molecule has 0 spiro atoms. The second-order valence-corrected chi connectivity index (χ2v) is 6.04. The lowest BCUT2D eigenvalue weighted by Gasteiger charge is -2.38. The third kappa shape index (κ3) is 2.81. The molecule has 1 fully saturated rings. The van der Waals surface area contributed by atoms with Gasteiger partial charge in [0.2, 0.25) is 5.91 Å². The molecule has 0 bridgehead atoms. The van der Waals surface area contributed by atoms with E-state index in [2.05, 4.69) is 9.97 Å². The molecule has 0 aromatic carbocycles. The van der Waals surface area contributed by atoms with Crippen molar-refractivity contribution in [3.8, 4) is 0 Å². The minimum absolute atomic E-state index is 0.0663. The fourth-order valence-electron chi connectivity index (χ4n) is 2.99. The molecule has 7 heteroatoms. The van der Waals surface area contributed by atoms with Crippen LogP contribution in [-0.4, -0.2) is 77.8 Å². The van der Waals surface area contributed by atoms with Crippen LogP contribution in [0.15, 0.2) is 18.6 Å². The van der Waals surface area contributed by atoms with Crippen molar-refractivity contribution in [1.82, 2.24) is 24.7 Å². The van der Waals surface area contributed by atoms with Crippen LogP contribution in [0.25, 0.3) is 0 Å². The van der Waals surface area contributed by atoms with E-state index in [4.69, 9.17) is 0 Å². The summed E-state index contributed by atoms with van der Waals surface area (Å²) in [6.45, 7) is 0.825. The summed E-state index contributed by atoms with van der Waals surface area (Å²) in [5.74, 6) is -0.194. The molecule has 2 rings (SSSR count). The van der Waals surface area contributed by atoms with Crippen LogP contribution in [0, 0.1) is 0 Å². The summed E-state index contributed by atoms with van der Waals surface area (Å²) in [5, 5.41) is 0. The number of hydrogen-bond donors (Lipinski definition) is 0. The van der Waals surface area contributed by atoms with E-state index >= 15 is 0 Å². The number of likely N-dealkylation sites (N-methyl/N-ethyl adjacent to an activating group) is 2. The van der Waals surface area contributed by atoms with Crippen LogP contribution < -0.4 is 0 Å². The van der Waals surface area contributed by atoms with Crippen LogP contribution in [0.4, 0.5) is 0 Å². The predicted octanol–water partition coefficient (Wildman–Crippen LogP) is -0.0559. The van der Waals surface area contributed by atoms with Gasteiger partial charge in [-0.05, 0) is 26.9 Å². The van der Waals surface area contributed by atoms with E-state index in [-0.39, 0.29) is 18.4 Å². The molecule has 22 heavy (non-hydrogen) atoms. The maximum Gasteiger partial charge on any atom is 0.254 e. The van der Waals surface area contributed by atoms with Crippen LogP contribution in [0.2, 0.25) is 0 Å². The van der Waals surface area contributed by atoms with Crippen LogP contribution in [-0.2, 0) is 15.1 Å². The maximum absolute atomic E-state index is 12.9. The molecule has 1 aliphatic rings. The summed E-state index contributed by atoms with van der Waals surface area (Å²) in [4.78, 5) is 39.0. The van der Waals surface area contributed by atoms with E-state index in [1.807, 2.05) is 19.0 Å². The Morgan fingerprint density at radius 1 is 1.27 bits per heavy atom. The molecule has 1 saturated heterocycles. The molecule has 0 radical (unpaired) electrons. The van der Waals surface area contributed by atoms with Gasteiger partial charge in [-0.15, -0.1) is 0 Å². The zero-order chi connectivity index (χ0) is 16.3. The summed E-state index contributed by atoms with van der Waals surface area (Å²) >= 11 is 0. The normalized spacial score (nSPS) is 21.2. The van der Waals surface area contributed by atoms with Crippen LogP contribution >= 0.6 is 0 Å². The molecule has 1 aliphatic heterocycles. The first-order valence-corrected chi connectivity index (χ1v) is 7.33. The van der Waals surface area contributed by atoms with Gasteiger partial charge in [-0.1, -0.05) is 0 Å². The standard InChI is InChI=1S/C15H23N5O2/c1-18(2)11-13(21)20-9-5-6-15(20,14(22)19(3)4)12-10-16-7-8-17-12/h7-8,10H,5-6,9,11H2,1-4H3/t15-/m1/s1. The van der Waals surface area contributed by atoms with E-state index in [9.17, 15) is 9.59 Å². The third-order valence-corrected chi connectivity index (χ3v) is 3.88. The van der Waals surface area contributed by atoms with Crippen molar-refractivity contribution >= 4 is 11.8 Å². The van der Waals surface area contributed by atoms with Gasteiger partial charge in [-0.3, -0.25) is 19.6 Å². The number of carbonyl (C=O) groups is 2. The molecule has 120 valence electrons. The number of hydrogen-bond acceptors (Lipinski definition) is 5. The van der Waals surface area contributed by atoms with E-state index < -0.39 is 5.54 Å². The maximum atomic E-state index is 12.9. The highest BCUT2D eigenvalue weighted by molar-refractivity contribution is 5.93. The van der Waals surface area contributed by atoms with E-state index in [1.54, 1.807) is 37.6 Å². The lowest BCUT2D eigenvalue weighted by Crippen LogP contribution is -2.56. The van der Waals surface area contributed by atoms with Crippen molar-refractivity contribution in [2.45, 2.75) is 18.4 Å². The molecule has 2 amide bonds. The van der Waals surface area contributed by atoms with Crippen molar-refractivity contribution in [2.24, 2.45) is 0 Å². The number of rotatable bonds is 4. The number of likely N-dealkylation sites (tertiary alicyclic amines) is 1. The molecule has 0 saturated carbocycles. The average Bonchev–Trinajstić information content (AvgIpc) is 2.92. The van der Waals surface area contributed by atoms with Crippen molar-refractivity contribution in [3.63, 3.8) is 0 Å². The molecule has 0 aliphatic carbocycles. The Balaban J connectivity index is 2.48. The largest absolute Gasteiger partial charge is 0.346 e. The molecule has 2 heterocycles. The summed E-state index contributed by atoms with van der Waals surface area (Å²) < 4.78 is 0. The molecule has 1 aromatic heterocycles. The van der Waals surface area contributed by atoms with Crippen LogP contribution in [0.1, 0.15) is 18.5 Å². The monoisotopic (exact) mass is 305 g/mol. The average molecular weight is 305 g/mol. The van der Waals surface area contributed by atoms with Gasteiger partial charge in [0, 0.05) is 33.0 Å². The van der Waals surface area contributed by atoms with Gasteiger partial charge in [-0.25, -0.2) is 0 Å². The van der Waals surface area contributed by atoms with E-state index in [0.717, 1.165) is 6.42 Å². The molecular formula is C15H23N5O2. The van der Waals surface area contributed by atoms with E-state index in [1.165, 1.54) is 4.90 Å². The Kier molecular flexibility index (Phi) is 4.75. The third-order valence-electron chi connectivity index (χ3n) is 3.88. The molecule has 1 atom stereocenters. The zero-order valence-corrected chi connectivity index (χ0v) is 13.6. The smallest absolute Gasteiger partial charge is 0.254 e. The van der Waals surface area contributed by atoms with Crippen molar-refractivity contribution in [3.05, 3.63) is 24.3 Å². The second kappa shape index (κ2) is 6.39. The Labute approximate surface area is 130 Å². The molecule has 0 N–H and O–H groups in total. The van der Waals surface area contributed by atoms with Crippen LogP contribution in [0.5, 0.6) is 0 Å². The lowest BCUT2D eigenvalue weighted by molar-refractivity contribution is -0.151. The fraction of sp³-hybridized carbons (Fsp3) is 0.600. The Bertz CT molecular complexity index is 546. The number of nitrogens with zero attached hydrogens (tertiary/aromatic N) is 5. The van der Waals surface area contributed by atoms with Gasteiger partial charge in [-0.2, -0.15) is 0 Å². The second-order valence-electron chi connectivity index (χ2n) is 6.04. The first kappa shape index (κ1) is 16.4. The van der Waals surface area contributed by atoms with Crippen molar-refractivity contribution in [1.29, 1.82) is 0 Å². The summed E-state index contributed by atoms with van der Waals surface area (Å²) in [5.41, 5.74) is -0.497. The quantitative estimate of drug-likeness (QED) is 0.780. The van der Waals surface area contributed by atoms with Gasteiger partial charge >= 0.3 is 0 Å². The highest BCUT2D eigenvalue weighted by atomic mass is 16.2. The highest BCUT2D eigenvalue weighted by Gasteiger charge is 2.52. The van der Waals surface area contributed by atoms with Gasteiger partial charge < -0.3 is 14.7 Å². The molecular weight excluding hydrogens is 282 g/mol. The first-order valence-electron chi connectivity index (χ1n) is 7.33. The molecule has 1 aromatic rings. The SMILES string of the molecule is CN(C)CC(=O)N1CCC[C@]1(C(=O)N(C)C)c1cnccn1. The predicted molar refractivity (Wildman–Crippen MR) is 81.9 cm³/mol. The minimum Gasteiger partial charge on any atom is -0.346 e. The highest BCUT2D eigenvalue weighted by Crippen LogP contribution is 2.39.